The second kappa shape index (κ2) is 12.3. The lowest BCUT2D eigenvalue weighted by molar-refractivity contribution is -0.173. The maximum Gasteiger partial charge on any atom is 0.514 e. The summed E-state index contributed by atoms with van der Waals surface area (Å²) in [5.74, 6) is 2.13. The average Bonchev–Trinajstić information content (AvgIpc) is 3.47. The van der Waals surface area contributed by atoms with Crippen LogP contribution in [-0.2, 0) is 27.0 Å². The molecule has 8 heterocycles. The number of carbonyl (C=O) groups is 1. The molecule has 4 fully saturated rings. The average molecular weight is 841 g/mol. The van der Waals surface area contributed by atoms with Crippen molar-refractivity contribution in [3.63, 3.8) is 0 Å². The lowest BCUT2D eigenvalue weighted by atomic mass is 9.76. The highest BCUT2D eigenvalue weighted by Crippen LogP contribution is 2.84. The Morgan fingerprint density at radius 3 is 2.50 bits per heavy atom. The molecule has 3 aromatic carbocycles. The fourth-order valence-electron chi connectivity index (χ4n) is 12.4. The van der Waals surface area contributed by atoms with Crippen LogP contribution in [0.15, 0.2) is 18.2 Å². The van der Waals surface area contributed by atoms with Crippen molar-refractivity contribution < 1.29 is 53.3 Å². The Hall–Kier alpha value is -4.63. The minimum Gasteiger partial charge on any atom is -0.507 e. The Kier molecular flexibility index (Phi) is 7.83. The summed E-state index contributed by atoms with van der Waals surface area (Å²) in [6.07, 6.45) is -1.72. The minimum atomic E-state index is -1.40. The number of thioether (sulfide) groups is 1. The SMILES string of the molecule is COc1cc2c(cc1OC(=O)OC(C)(C)C)CCN[C@]21CS[C@@H]2c3c(O)c(C)c4c(c3C(COC1O)N1C2[C@H]2c3c(cc(C)c(OC)c3O)C3(C)C5[C@H](N23)[C@@]51C#N)OCO4. The number of aryl methyl sites for hydroxylation is 1. The van der Waals surface area contributed by atoms with Crippen molar-refractivity contribution in [2.75, 3.05) is 39.9 Å². The van der Waals surface area contributed by atoms with Crippen molar-refractivity contribution in [2.24, 2.45) is 5.92 Å². The number of methoxy groups -OCH3 is 2. The molecule has 0 radical (unpaired) electrons. The van der Waals surface area contributed by atoms with Gasteiger partial charge in [0.25, 0.3) is 0 Å². The Balaban J connectivity index is 1.10. The number of aromatic hydroxyl groups is 2. The normalized spacial score (nSPS) is 34.9. The predicted octanol–water partition coefficient (Wildman–Crippen LogP) is 5.22. The molecule has 0 amide bonds. The first kappa shape index (κ1) is 38.3. The van der Waals surface area contributed by atoms with E-state index >= 15 is 0 Å². The number of nitrogens with zero attached hydrogens (tertiary/aromatic N) is 3. The number of phenolic OH excluding ortho intramolecular Hbond substituents is 2. The molecule has 3 saturated heterocycles. The van der Waals surface area contributed by atoms with Gasteiger partial charge in [0, 0.05) is 46.5 Å². The molecule has 1 spiro atoms. The third-order valence-electron chi connectivity index (χ3n) is 14.6. The van der Waals surface area contributed by atoms with Gasteiger partial charge in [-0.3, -0.25) is 9.80 Å². The van der Waals surface area contributed by atoms with Gasteiger partial charge >= 0.3 is 6.16 Å². The number of piperazine rings is 1. The summed E-state index contributed by atoms with van der Waals surface area (Å²) in [7, 11) is 3.05. The number of rotatable bonds is 3. The number of benzene rings is 3. The molecule has 60 heavy (non-hydrogen) atoms. The largest absolute Gasteiger partial charge is 0.514 e. The van der Waals surface area contributed by atoms with E-state index in [1.807, 2.05) is 13.8 Å². The van der Waals surface area contributed by atoms with Gasteiger partial charge in [0.2, 0.25) is 6.79 Å². The fourth-order valence-corrected chi connectivity index (χ4v) is 14.2. The van der Waals surface area contributed by atoms with Crippen LogP contribution in [-0.4, -0.2) is 101 Å². The van der Waals surface area contributed by atoms with E-state index < -0.39 is 58.0 Å². The highest BCUT2D eigenvalue weighted by atomic mass is 32.2. The number of aliphatic hydroxyl groups excluding tert-OH is 1. The van der Waals surface area contributed by atoms with E-state index in [2.05, 4.69) is 34.2 Å². The monoisotopic (exact) mass is 840 g/mol. The number of carbonyl (C=O) groups excluding carboxylic acids is 1. The first-order chi connectivity index (χ1) is 28.6. The van der Waals surface area contributed by atoms with E-state index in [1.165, 1.54) is 7.11 Å². The number of nitrogens with one attached hydrogen (secondary N) is 1. The molecule has 12 rings (SSSR count). The van der Waals surface area contributed by atoms with E-state index in [0.29, 0.717) is 52.5 Å². The van der Waals surface area contributed by atoms with Crippen LogP contribution in [0, 0.1) is 31.1 Å². The summed E-state index contributed by atoms with van der Waals surface area (Å²) in [6.45, 7) is 11.6. The predicted molar refractivity (Wildman–Crippen MR) is 215 cm³/mol. The molecule has 15 nitrogen and oxygen atoms in total. The van der Waals surface area contributed by atoms with Crippen LogP contribution in [0.4, 0.5) is 4.79 Å². The van der Waals surface area contributed by atoms with E-state index in [9.17, 15) is 25.4 Å². The second-order valence-electron chi connectivity index (χ2n) is 18.5. The Morgan fingerprint density at radius 1 is 1.02 bits per heavy atom. The molecular weight excluding hydrogens is 793 g/mol. The van der Waals surface area contributed by atoms with E-state index in [1.54, 1.807) is 51.8 Å². The van der Waals surface area contributed by atoms with Crippen LogP contribution < -0.4 is 29.0 Å². The Morgan fingerprint density at radius 2 is 1.78 bits per heavy atom. The van der Waals surface area contributed by atoms with Gasteiger partial charge in [-0.25, -0.2) is 4.79 Å². The summed E-state index contributed by atoms with van der Waals surface area (Å²) in [5.41, 5.74) is 2.53. The smallest absolute Gasteiger partial charge is 0.507 e. The summed E-state index contributed by atoms with van der Waals surface area (Å²) in [6, 6.07) is 6.80. The van der Waals surface area contributed by atoms with Gasteiger partial charge in [-0.1, -0.05) is 0 Å². The third kappa shape index (κ3) is 4.45. The summed E-state index contributed by atoms with van der Waals surface area (Å²) in [5, 5.41) is 51.7. The lowest BCUT2D eigenvalue weighted by Gasteiger charge is -2.58. The van der Waals surface area contributed by atoms with Crippen molar-refractivity contribution in [1.29, 1.82) is 5.26 Å². The Labute approximate surface area is 351 Å². The maximum absolute atomic E-state index is 12.8. The van der Waals surface area contributed by atoms with Gasteiger partial charge in [0.15, 0.2) is 40.8 Å². The third-order valence-corrected chi connectivity index (χ3v) is 16.1. The first-order valence-corrected chi connectivity index (χ1v) is 21.5. The van der Waals surface area contributed by atoms with Crippen molar-refractivity contribution in [3.05, 3.63) is 62.7 Å². The van der Waals surface area contributed by atoms with Crippen LogP contribution >= 0.6 is 11.8 Å². The molecular formula is C44H48N4O11S. The van der Waals surface area contributed by atoms with Gasteiger partial charge in [-0.05, 0) is 88.4 Å². The highest BCUT2D eigenvalue weighted by Gasteiger charge is 2.93. The topological polar surface area (TPSA) is 185 Å². The molecule has 316 valence electrons. The van der Waals surface area contributed by atoms with Gasteiger partial charge < -0.3 is 53.8 Å². The number of phenols is 2. The summed E-state index contributed by atoms with van der Waals surface area (Å²) in [4.78, 5) is 17.6. The molecule has 2 bridgehead atoms. The zero-order chi connectivity index (χ0) is 42.2. The van der Waals surface area contributed by atoms with Gasteiger partial charge in [-0.15, -0.1) is 11.8 Å². The van der Waals surface area contributed by atoms with Crippen LogP contribution in [0.1, 0.15) is 89.5 Å². The van der Waals surface area contributed by atoms with E-state index in [0.717, 1.165) is 22.3 Å². The fraction of sp³-hybridized carbons (Fsp3) is 0.545. The second-order valence-corrected chi connectivity index (χ2v) is 19.6. The first-order valence-electron chi connectivity index (χ1n) is 20.4. The lowest BCUT2D eigenvalue weighted by Crippen LogP contribution is -2.65. The van der Waals surface area contributed by atoms with E-state index in [4.69, 9.17) is 33.2 Å². The molecule has 3 aromatic rings. The number of ether oxygens (including phenoxy) is 7. The number of hydrogen-bond donors (Lipinski definition) is 4. The van der Waals surface area contributed by atoms with Crippen LogP contribution in [0.25, 0.3) is 0 Å². The molecule has 5 unspecified atom stereocenters. The van der Waals surface area contributed by atoms with Crippen molar-refractivity contribution >= 4 is 17.9 Å². The number of nitriles is 1. The number of hydrogen-bond acceptors (Lipinski definition) is 16. The number of fused-ring (bicyclic) bond motifs is 10. The van der Waals surface area contributed by atoms with Crippen molar-refractivity contribution in [3.8, 4) is 46.3 Å². The number of aliphatic hydroxyl groups is 1. The summed E-state index contributed by atoms with van der Waals surface area (Å²) >= 11 is 1.55. The van der Waals surface area contributed by atoms with Crippen LogP contribution in [0.5, 0.6) is 40.2 Å². The highest BCUT2D eigenvalue weighted by molar-refractivity contribution is 7.99. The van der Waals surface area contributed by atoms with E-state index in [-0.39, 0.29) is 54.1 Å². The molecule has 0 aromatic heterocycles. The van der Waals surface area contributed by atoms with Crippen molar-refractivity contribution in [2.45, 2.75) is 106 Å². The molecule has 4 N–H and O–H groups in total. The molecule has 8 aliphatic heterocycles. The molecule has 16 heteroatoms. The zero-order valence-corrected chi connectivity index (χ0v) is 35.5. The van der Waals surface area contributed by atoms with Crippen LogP contribution in [0.2, 0.25) is 0 Å². The quantitative estimate of drug-likeness (QED) is 0.199. The molecule has 1 aliphatic carbocycles. The summed E-state index contributed by atoms with van der Waals surface area (Å²) < 4.78 is 41.7. The standard InChI is InChI=1S/C44H48N4O11S/c1-18-11-22-26(32(50)33(18)54-8)29-30-36-28-27(35-34(56-17-57-35)19(2)31(28)49)23(47(30)44(15-45)37-38(44)48(29)42(22,37)6)14-55-39(51)43(16-60-36)21-13-24(53-7)25(12-20(21)9-10-46-43)58-40(52)59-41(3,4)5/h11-13,23,29-30,36-39,46,49-51H,9-10,14,16-17H2,1-8H3/t23?,29-,30?,36-,37?,38+,39?,42?,43-,44-/m1/s1. The minimum absolute atomic E-state index is 0.0295. The zero-order valence-electron chi connectivity index (χ0n) is 34.7. The van der Waals surface area contributed by atoms with Crippen molar-refractivity contribution in [1.82, 2.24) is 15.1 Å². The van der Waals surface area contributed by atoms with Crippen LogP contribution in [0.3, 0.4) is 0 Å². The molecule has 1 saturated carbocycles. The van der Waals surface area contributed by atoms with Gasteiger partial charge in [0.1, 0.15) is 22.4 Å². The molecule has 10 atom stereocenters. The van der Waals surface area contributed by atoms with Gasteiger partial charge in [-0.2, -0.15) is 5.26 Å². The molecule has 9 aliphatic rings. The maximum atomic E-state index is 12.8. The van der Waals surface area contributed by atoms with Gasteiger partial charge in [0.05, 0.1) is 55.8 Å². The Bertz CT molecular complexity index is 2490.